The average Bonchev–Trinajstić information content (AvgIpc) is 3.70. The average molecular weight is 558 g/mol. The minimum absolute atomic E-state index is 0.462. The third-order valence-electron chi connectivity index (χ3n) is 6.84. The largest absolute Gasteiger partial charge is 0.446 e. The number of hydrogen-bond donors (Lipinski definition) is 1. The van der Waals surface area contributed by atoms with Crippen molar-refractivity contribution < 1.29 is 9.47 Å². The highest BCUT2D eigenvalue weighted by atomic mass is 16.7. The van der Waals surface area contributed by atoms with Crippen molar-refractivity contribution in [2.75, 3.05) is 0 Å². The maximum absolute atomic E-state index is 6.42. The monoisotopic (exact) mass is 557 g/mol. The zero-order chi connectivity index (χ0) is 28.8. The molecule has 0 saturated carbocycles. The molecule has 0 spiro atoms. The van der Waals surface area contributed by atoms with Gasteiger partial charge >= 0.3 is 5.79 Å². The first kappa shape index (κ1) is 26.9. The molecule has 0 saturated heterocycles. The van der Waals surface area contributed by atoms with E-state index in [-0.39, 0.29) is 0 Å². The smallest absolute Gasteiger partial charge is 0.311 e. The van der Waals surface area contributed by atoms with Crippen LogP contribution < -0.4 is 9.47 Å². The van der Waals surface area contributed by atoms with Crippen molar-refractivity contribution in [3.8, 4) is 34.0 Å². The fourth-order valence-electron chi connectivity index (χ4n) is 4.82. The number of aromatic nitrogens is 7. The first-order valence-corrected chi connectivity index (χ1v) is 14.0. The fourth-order valence-corrected chi connectivity index (χ4v) is 4.82. The topological polar surface area (TPSA) is 104 Å². The molecule has 9 heteroatoms. The second-order valence-corrected chi connectivity index (χ2v) is 10.0. The van der Waals surface area contributed by atoms with E-state index in [0.29, 0.717) is 29.6 Å². The van der Waals surface area contributed by atoms with Crippen LogP contribution in [0.2, 0.25) is 0 Å². The zero-order valence-electron chi connectivity index (χ0n) is 23.5. The highest BCUT2D eigenvalue weighted by molar-refractivity contribution is 5.80. The second-order valence-electron chi connectivity index (χ2n) is 10.0. The van der Waals surface area contributed by atoms with Gasteiger partial charge in [0.25, 0.3) is 0 Å². The molecule has 0 fully saturated rings. The van der Waals surface area contributed by atoms with Crippen LogP contribution in [0.25, 0.3) is 22.5 Å². The van der Waals surface area contributed by atoms with E-state index < -0.39 is 5.79 Å². The van der Waals surface area contributed by atoms with Gasteiger partial charge in [0, 0.05) is 25.5 Å². The Kier molecular flexibility index (Phi) is 7.72. The number of hydrogen-bond acceptors (Lipinski definition) is 7. The minimum Gasteiger partial charge on any atom is -0.446 e. The number of benzene rings is 4. The first-order valence-electron chi connectivity index (χ1n) is 14.0. The molecular weight excluding hydrogens is 526 g/mol. The van der Waals surface area contributed by atoms with Crippen molar-refractivity contribution in [3.05, 3.63) is 126 Å². The highest BCUT2D eigenvalue weighted by Gasteiger charge is 2.37. The molecule has 9 nitrogen and oxygen atoms in total. The summed E-state index contributed by atoms with van der Waals surface area (Å²) in [7, 11) is 0. The molecular formula is C33H31N7O2. The molecule has 0 bridgehead atoms. The number of H-pyrrole nitrogens is 1. The Hall–Kier alpha value is -5.31. The lowest BCUT2D eigenvalue weighted by atomic mass is 9.98. The van der Waals surface area contributed by atoms with Gasteiger partial charge < -0.3 is 9.47 Å². The molecule has 0 amide bonds. The Morgan fingerprint density at radius 3 is 1.98 bits per heavy atom. The van der Waals surface area contributed by atoms with Crippen LogP contribution in [0.15, 0.2) is 109 Å². The quantitative estimate of drug-likeness (QED) is 0.182. The molecule has 2 aromatic heterocycles. The lowest BCUT2D eigenvalue weighted by Crippen LogP contribution is -2.37. The van der Waals surface area contributed by atoms with Crippen molar-refractivity contribution >= 4 is 0 Å². The van der Waals surface area contributed by atoms with Gasteiger partial charge in [-0.3, -0.25) is 0 Å². The summed E-state index contributed by atoms with van der Waals surface area (Å²) >= 11 is 0. The van der Waals surface area contributed by atoms with Crippen molar-refractivity contribution in [2.45, 2.75) is 39.0 Å². The van der Waals surface area contributed by atoms with Crippen LogP contribution >= 0.6 is 0 Å². The van der Waals surface area contributed by atoms with Crippen molar-refractivity contribution in [1.29, 1.82) is 0 Å². The Balaban J connectivity index is 1.30. The van der Waals surface area contributed by atoms with Crippen LogP contribution in [-0.2, 0) is 18.8 Å². The minimum atomic E-state index is -1.25. The summed E-state index contributed by atoms with van der Waals surface area (Å²) < 4.78 is 14.8. The van der Waals surface area contributed by atoms with Crippen LogP contribution in [0.5, 0.6) is 11.5 Å². The number of tetrazole rings is 1. The highest BCUT2D eigenvalue weighted by Crippen LogP contribution is 2.32. The number of aromatic amines is 1. The first-order chi connectivity index (χ1) is 20.6. The van der Waals surface area contributed by atoms with Gasteiger partial charge in [0.1, 0.15) is 17.3 Å². The van der Waals surface area contributed by atoms with E-state index in [0.717, 1.165) is 41.0 Å². The van der Waals surface area contributed by atoms with Crippen LogP contribution in [0, 0.1) is 0 Å². The predicted octanol–water partition coefficient (Wildman–Crippen LogP) is 6.46. The van der Waals surface area contributed by atoms with E-state index >= 15 is 0 Å². The summed E-state index contributed by atoms with van der Waals surface area (Å²) in [5, 5.41) is 19.5. The lowest BCUT2D eigenvalue weighted by Gasteiger charge is -2.28. The maximum Gasteiger partial charge on any atom is 0.311 e. The van der Waals surface area contributed by atoms with Crippen molar-refractivity contribution in [3.63, 3.8) is 0 Å². The summed E-state index contributed by atoms with van der Waals surface area (Å²) in [5.41, 5.74) is 4.13. The van der Waals surface area contributed by atoms with E-state index in [1.54, 1.807) is 0 Å². The van der Waals surface area contributed by atoms with Crippen LogP contribution in [0.3, 0.4) is 0 Å². The van der Waals surface area contributed by atoms with Gasteiger partial charge in [0.15, 0.2) is 0 Å². The molecule has 0 unspecified atom stereocenters. The molecule has 1 N–H and O–H groups in total. The van der Waals surface area contributed by atoms with E-state index in [1.165, 1.54) is 0 Å². The zero-order valence-corrected chi connectivity index (χ0v) is 23.5. The molecule has 0 aliphatic rings. The molecule has 4 aromatic carbocycles. The standard InChI is InChI=1S/C33H31N7O2/c1-3-22-40-30(23-24-18-20-25(21-19-24)28-16-10-11-17-29(28)31-35-38-39-36-31)34-32(37-40)33(2,41-26-12-6-4-7-13-26)42-27-14-8-5-9-15-27/h4-21H,3,22-23H2,1-2H3,(H,35,36,38,39). The van der Waals surface area contributed by atoms with Crippen LogP contribution in [0.4, 0.5) is 0 Å². The van der Waals surface area contributed by atoms with Gasteiger partial charge in [0.05, 0.1) is 0 Å². The van der Waals surface area contributed by atoms with Gasteiger partial charge in [-0.25, -0.2) is 9.67 Å². The number of rotatable bonds is 11. The summed E-state index contributed by atoms with van der Waals surface area (Å²) in [4.78, 5) is 4.99. The summed E-state index contributed by atoms with van der Waals surface area (Å²) in [6.45, 7) is 4.71. The Labute approximate surface area is 244 Å². The summed E-state index contributed by atoms with van der Waals surface area (Å²) in [5.74, 6) is 1.95. The van der Waals surface area contributed by atoms with E-state index in [1.807, 2.05) is 90.5 Å². The van der Waals surface area contributed by atoms with Gasteiger partial charge in [0.2, 0.25) is 11.6 Å². The normalized spacial score (nSPS) is 11.4. The number of aryl methyl sites for hydroxylation is 1. The second kappa shape index (κ2) is 12.1. The van der Waals surface area contributed by atoms with Crippen LogP contribution in [-0.4, -0.2) is 35.4 Å². The fraction of sp³-hybridized carbons (Fsp3) is 0.182. The third-order valence-corrected chi connectivity index (χ3v) is 6.84. The Bertz CT molecular complexity index is 1680. The number of nitrogens with one attached hydrogen (secondary N) is 1. The van der Waals surface area contributed by atoms with Gasteiger partial charge in [-0.15, -0.1) is 15.3 Å². The molecule has 6 rings (SSSR count). The molecule has 210 valence electrons. The lowest BCUT2D eigenvalue weighted by molar-refractivity contribution is -0.112. The van der Waals surface area contributed by atoms with E-state index in [9.17, 15) is 0 Å². The maximum atomic E-state index is 6.42. The molecule has 2 heterocycles. The van der Waals surface area contributed by atoms with Gasteiger partial charge in [-0.1, -0.05) is 91.9 Å². The number of nitrogens with zero attached hydrogens (tertiary/aromatic N) is 6. The van der Waals surface area contributed by atoms with Gasteiger partial charge in [-0.05, 0) is 52.6 Å². The predicted molar refractivity (Wildman–Crippen MR) is 160 cm³/mol. The molecule has 0 aliphatic heterocycles. The van der Waals surface area contributed by atoms with Crippen molar-refractivity contribution in [2.24, 2.45) is 0 Å². The number of ether oxygens (including phenoxy) is 2. The molecule has 0 aliphatic carbocycles. The third kappa shape index (κ3) is 5.90. The molecule has 0 atom stereocenters. The Morgan fingerprint density at radius 1 is 0.762 bits per heavy atom. The van der Waals surface area contributed by atoms with Gasteiger partial charge in [-0.2, -0.15) is 5.21 Å². The Morgan fingerprint density at radius 2 is 1.38 bits per heavy atom. The molecule has 6 aromatic rings. The summed E-state index contributed by atoms with van der Waals surface area (Å²) in [6.07, 6.45) is 1.52. The molecule has 42 heavy (non-hydrogen) atoms. The SMILES string of the molecule is CCCn1nc(C(C)(Oc2ccccc2)Oc2ccccc2)nc1Cc1ccc(-c2ccccc2-c2nn[nH]n2)cc1. The number of para-hydroxylation sites is 2. The van der Waals surface area contributed by atoms with Crippen molar-refractivity contribution in [1.82, 2.24) is 35.4 Å². The molecule has 0 radical (unpaired) electrons. The van der Waals surface area contributed by atoms with Crippen LogP contribution in [0.1, 0.15) is 37.5 Å². The summed E-state index contributed by atoms with van der Waals surface area (Å²) in [6, 6.07) is 35.7. The van der Waals surface area contributed by atoms with E-state index in [2.05, 4.69) is 57.9 Å². The van der Waals surface area contributed by atoms with E-state index in [4.69, 9.17) is 19.6 Å².